The lowest BCUT2D eigenvalue weighted by atomic mass is 9.94. The van der Waals surface area contributed by atoms with Crippen molar-refractivity contribution in [2.24, 2.45) is 5.92 Å². The Morgan fingerprint density at radius 2 is 1.86 bits per heavy atom. The highest BCUT2D eigenvalue weighted by Crippen LogP contribution is 2.47. The van der Waals surface area contributed by atoms with E-state index in [-0.39, 0.29) is 35.5 Å². The maximum absolute atomic E-state index is 13.0. The summed E-state index contributed by atoms with van der Waals surface area (Å²) in [6.45, 7) is 2.55. The maximum atomic E-state index is 13.0. The quantitative estimate of drug-likeness (QED) is 0.896. The lowest BCUT2D eigenvalue weighted by molar-refractivity contribution is -0.125. The number of hydrogen-bond acceptors (Lipinski definition) is 2. The van der Waals surface area contributed by atoms with Gasteiger partial charge in [-0.05, 0) is 56.5 Å². The molecule has 2 N–H and O–H groups in total. The molecule has 5 heteroatoms. The van der Waals surface area contributed by atoms with Crippen molar-refractivity contribution in [3.05, 3.63) is 35.6 Å². The van der Waals surface area contributed by atoms with Crippen LogP contribution in [0.15, 0.2) is 24.3 Å². The van der Waals surface area contributed by atoms with E-state index in [1.807, 2.05) is 12.1 Å². The molecule has 0 spiro atoms. The number of benzene rings is 1. The summed E-state index contributed by atoms with van der Waals surface area (Å²) in [6, 6.07) is 6.70. The van der Waals surface area contributed by atoms with E-state index < -0.39 is 0 Å². The third kappa shape index (κ3) is 3.74. The minimum absolute atomic E-state index is 0. The Hall–Kier alpha value is -1.13. The minimum Gasteiger partial charge on any atom is -0.355 e. The van der Waals surface area contributed by atoms with Gasteiger partial charge in [0.25, 0.3) is 0 Å². The first-order valence-electron chi connectivity index (χ1n) is 7.44. The molecule has 0 aromatic heterocycles. The van der Waals surface area contributed by atoms with Crippen molar-refractivity contribution < 1.29 is 9.18 Å². The third-order valence-corrected chi connectivity index (χ3v) is 4.62. The van der Waals surface area contributed by atoms with Crippen molar-refractivity contribution in [3.63, 3.8) is 0 Å². The van der Waals surface area contributed by atoms with Crippen molar-refractivity contribution >= 4 is 18.3 Å². The van der Waals surface area contributed by atoms with Crippen LogP contribution in [0.4, 0.5) is 4.39 Å². The zero-order chi connectivity index (χ0) is 14.0. The Morgan fingerprint density at radius 1 is 1.24 bits per heavy atom. The van der Waals surface area contributed by atoms with Gasteiger partial charge in [-0.3, -0.25) is 4.79 Å². The zero-order valence-corrected chi connectivity index (χ0v) is 12.8. The molecule has 1 aromatic rings. The van der Waals surface area contributed by atoms with Crippen molar-refractivity contribution in [1.29, 1.82) is 0 Å². The fourth-order valence-electron chi connectivity index (χ4n) is 3.01. The first-order valence-corrected chi connectivity index (χ1v) is 7.44. The highest BCUT2D eigenvalue weighted by molar-refractivity contribution is 5.85. The highest BCUT2D eigenvalue weighted by Gasteiger charge is 2.44. The molecule has 1 heterocycles. The standard InChI is InChI=1S/C16H21FN2O.ClH/c17-14-3-1-13(2-4-14)16(7-8-16)11-19-15(20)12-5-9-18-10-6-12;/h1-4,12,18H,5-11H2,(H,19,20);1H. The summed E-state index contributed by atoms with van der Waals surface area (Å²) >= 11 is 0. The second-order valence-electron chi connectivity index (χ2n) is 6.03. The SMILES string of the molecule is Cl.O=C(NCC1(c2ccc(F)cc2)CC1)C1CCNCC1. The predicted octanol–water partition coefficient (Wildman–Crippen LogP) is 2.39. The van der Waals surface area contributed by atoms with Crippen LogP contribution < -0.4 is 10.6 Å². The summed E-state index contributed by atoms with van der Waals surface area (Å²) in [7, 11) is 0. The molecule has 0 radical (unpaired) electrons. The average Bonchev–Trinajstić information content (AvgIpc) is 3.27. The van der Waals surface area contributed by atoms with E-state index in [0.717, 1.165) is 44.3 Å². The van der Waals surface area contributed by atoms with Crippen LogP contribution in [0.25, 0.3) is 0 Å². The highest BCUT2D eigenvalue weighted by atomic mass is 35.5. The van der Waals surface area contributed by atoms with Gasteiger partial charge in [-0.2, -0.15) is 0 Å². The maximum Gasteiger partial charge on any atom is 0.223 e. The number of halogens is 2. The van der Waals surface area contributed by atoms with Gasteiger partial charge in [0.1, 0.15) is 5.82 Å². The van der Waals surface area contributed by atoms with Gasteiger partial charge < -0.3 is 10.6 Å². The molecule has 3 nitrogen and oxygen atoms in total. The Labute approximate surface area is 131 Å². The van der Waals surface area contributed by atoms with Crippen molar-refractivity contribution in [1.82, 2.24) is 10.6 Å². The molecule has 3 rings (SSSR count). The molecule has 1 saturated heterocycles. The molecular weight excluding hydrogens is 291 g/mol. The molecule has 2 aliphatic rings. The van der Waals surface area contributed by atoms with Gasteiger partial charge in [0.05, 0.1) is 0 Å². The van der Waals surface area contributed by atoms with Crippen molar-refractivity contribution in [2.75, 3.05) is 19.6 Å². The van der Waals surface area contributed by atoms with E-state index in [1.165, 1.54) is 12.1 Å². The van der Waals surface area contributed by atoms with Crippen LogP contribution in [0.3, 0.4) is 0 Å². The number of carbonyl (C=O) groups excluding carboxylic acids is 1. The fraction of sp³-hybridized carbons (Fsp3) is 0.562. The monoisotopic (exact) mass is 312 g/mol. The lowest BCUT2D eigenvalue weighted by Crippen LogP contribution is -2.40. The number of amides is 1. The summed E-state index contributed by atoms with van der Waals surface area (Å²) in [5.41, 5.74) is 1.19. The Bertz CT molecular complexity index is 482. The topological polar surface area (TPSA) is 41.1 Å². The number of carbonyl (C=O) groups is 1. The van der Waals surface area contributed by atoms with Crippen molar-refractivity contribution in [3.8, 4) is 0 Å². The molecule has 0 bridgehead atoms. The normalized spacial score (nSPS) is 20.4. The van der Waals surface area contributed by atoms with Crippen LogP contribution in [-0.2, 0) is 10.2 Å². The summed E-state index contributed by atoms with van der Waals surface area (Å²) in [6.07, 6.45) is 4.00. The van der Waals surface area contributed by atoms with Gasteiger partial charge in [-0.25, -0.2) is 4.39 Å². The molecule has 1 saturated carbocycles. The van der Waals surface area contributed by atoms with Gasteiger partial charge in [0.15, 0.2) is 0 Å². The summed E-state index contributed by atoms with van der Waals surface area (Å²) in [4.78, 5) is 12.2. The van der Waals surface area contributed by atoms with Gasteiger partial charge in [0, 0.05) is 17.9 Å². The molecule has 2 fully saturated rings. The molecule has 1 aliphatic carbocycles. The average molecular weight is 313 g/mol. The molecule has 1 amide bonds. The van der Waals surface area contributed by atoms with Gasteiger partial charge in [0.2, 0.25) is 5.91 Å². The van der Waals surface area contributed by atoms with Crippen LogP contribution >= 0.6 is 12.4 Å². The predicted molar refractivity (Wildman–Crippen MR) is 83.2 cm³/mol. The summed E-state index contributed by atoms with van der Waals surface area (Å²) in [5, 5.41) is 6.38. The zero-order valence-electron chi connectivity index (χ0n) is 12.0. The molecular formula is C16H22ClFN2O. The van der Waals surface area contributed by atoms with Crippen LogP contribution in [0.5, 0.6) is 0 Å². The molecule has 116 valence electrons. The Kier molecular flexibility index (Phi) is 5.22. The number of nitrogens with one attached hydrogen (secondary N) is 2. The Morgan fingerprint density at radius 3 is 2.43 bits per heavy atom. The summed E-state index contributed by atoms with van der Waals surface area (Å²) < 4.78 is 13.0. The van der Waals surface area contributed by atoms with Crippen LogP contribution in [0, 0.1) is 11.7 Å². The number of rotatable bonds is 4. The van der Waals surface area contributed by atoms with Gasteiger partial charge in [-0.15, -0.1) is 12.4 Å². The molecule has 1 aromatic carbocycles. The van der Waals surface area contributed by atoms with E-state index in [1.54, 1.807) is 0 Å². The van der Waals surface area contributed by atoms with E-state index >= 15 is 0 Å². The molecule has 1 aliphatic heterocycles. The van der Waals surface area contributed by atoms with E-state index in [9.17, 15) is 9.18 Å². The van der Waals surface area contributed by atoms with E-state index in [4.69, 9.17) is 0 Å². The number of piperidine rings is 1. The van der Waals surface area contributed by atoms with Crippen molar-refractivity contribution in [2.45, 2.75) is 31.1 Å². The number of hydrogen-bond donors (Lipinski definition) is 2. The van der Waals surface area contributed by atoms with Crippen LogP contribution in [0.2, 0.25) is 0 Å². The van der Waals surface area contributed by atoms with Gasteiger partial charge in [-0.1, -0.05) is 12.1 Å². The second-order valence-corrected chi connectivity index (χ2v) is 6.03. The van der Waals surface area contributed by atoms with Gasteiger partial charge >= 0.3 is 0 Å². The molecule has 0 unspecified atom stereocenters. The third-order valence-electron chi connectivity index (χ3n) is 4.62. The Balaban J connectivity index is 0.00000161. The van der Waals surface area contributed by atoms with E-state index in [0.29, 0.717) is 6.54 Å². The molecule has 21 heavy (non-hydrogen) atoms. The largest absolute Gasteiger partial charge is 0.355 e. The fourth-order valence-corrected chi connectivity index (χ4v) is 3.01. The lowest BCUT2D eigenvalue weighted by Gasteiger charge is -2.23. The first kappa shape index (κ1) is 16.2. The molecule has 0 atom stereocenters. The van der Waals surface area contributed by atoms with Crippen LogP contribution in [0.1, 0.15) is 31.2 Å². The first-order chi connectivity index (χ1) is 9.70. The van der Waals surface area contributed by atoms with Crippen LogP contribution in [-0.4, -0.2) is 25.5 Å². The summed E-state index contributed by atoms with van der Waals surface area (Å²) in [5.74, 6) is 0.128. The minimum atomic E-state index is -0.205. The smallest absolute Gasteiger partial charge is 0.223 e. The van der Waals surface area contributed by atoms with E-state index in [2.05, 4.69) is 10.6 Å². The second kappa shape index (κ2) is 6.75.